The summed E-state index contributed by atoms with van der Waals surface area (Å²) in [4.78, 5) is 33.3. The lowest BCUT2D eigenvalue weighted by Gasteiger charge is -2.25. The van der Waals surface area contributed by atoms with Crippen LogP contribution in [0.3, 0.4) is 0 Å². The van der Waals surface area contributed by atoms with Gasteiger partial charge in [-0.3, -0.25) is 19.5 Å². The highest BCUT2D eigenvalue weighted by Crippen LogP contribution is 2.38. The van der Waals surface area contributed by atoms with E-state index in [2.05, 4.69) is 17.2 Å². The second-order valence-electron chi connectivity index (χ2n) is 8.24. The number of thiophene rings is 1. The molecule has 2 heterocycles. The summed E-state index contributed by atoms with van der Waals surface area (Å²) in [5.41, 5.74) is 3.78. The van der Waals surface area contributed by atoms with Crippen LogP contribution in [0.1, 0.15) is 53.7 Å². The predicted molar refractivity (Wildman–Crippen MR) is 125 cm³/mol. The number of aryl methyl sites for hydroxylation is 1. The van der Waals surface area contributed by atoms with Gasteiger partial charge in [0.15, 0.2) is 0 Å². The van der Waals surface area contributed by atoms with E-state index in [1.807, 2.05) is 31.2 Å². The first-order valence-electron chi connectivity index (χ1n) is 10.9. The molecule has 6 nitrogen and oxygen atoms in total. The summed E-state index contributed by atoms with van der Waals surface area (Å²) in [6.07, 6.45) is 5.58. The van der Waals surface area contributed by atoms with E-state index in [-0.39, 0.29) is 30.9 Å². The zero-order chi connectivity index (χ0) is 22.0. The van der Waals surface area contributed by atoms with E-state index in [4.69, 9.17) is 4.74 Å². The van der Waals surface area contributed by atoms with Crippen molar-refractivity contribution in [1.82, 2.24) is 5.32 Å². The molecule has 4 rings (SSSR count). The summed E-state index contributed by atoms with van der Waals surface area (Å²) in [6, 6.07) is 7.94. The van der Waals surface area contributed by atoms with Gasteiger partial charge in [-0.15, -0.1) is 11.3 Å². The van der Waals surface area contributed by atoms with Crippen LogP contribution in [0.4, 0.5) is 5.00 Å². The molecule has 2 aromatic rings. The van der Waals surface area contributed by atoms with Gasteiger partial charge in [0, 0.05) is 22.0 Å². The van der Waals surface area contributed by atoms with Gasteiger partial charge in [0.1, 0.15) is 23.8 Å². The van der Waals surface area contributed by atoms with Crippen molar-refractivity contribution in [2.45, 2.75) is 52.0 Å². The standard InChI is InChI=1S/C24H29N3O3S/c1-15-16(2)31-24-22(15)23(17-9-11-19(30-3)12-10-17)25-13-21(29)27(24)14-20(28)26-18-7-5-4-6-8-18/h9-12,18H,4-8,13-14H2,1-3H3,(H,26,28). The summed E-state index contributed by atoms with van der Waals surface area (Å²) in [5, 5.41) is 3.95. The third kappa shape index (κ3) is 4.51. The second kappa shape index (κ2) is 9.22. The summed E-state index contributed by atoms with van der Waals surface area (Å²) in [5.74, 6) is 0.529. The molecule has 164 valence electrons. The predicted octanol–water partition coefficient (Wildman–Crippen LogP) is 4.01. The van der Waals surface area contributed by atoms with Gasteiger partial charge in [0.25, 0.3) is 0 Å². The normalized spacial score (nSPS) is 17.1. The number of nitrogens with one attached hydrogen (secondary N) is 1. The largest absolute Gasteiger partial charge is 0.497 e. The van der Waals surface area contributed by atoms with Crippen LogP contribution in [0.5, 0.6) is 5.75 Å². The van der Waals surface area contributed by atoms with Crippen molar-refractivity contribution >= 4 is 33.9 Å². The number of hydrogen-bond acceptors (Lipinski definition) is 5. The quantitative estimate of drug-likeness (QED) is 0.765. The Hall–Kier alpha value is -2.67. The molecule has 0 saturated heterocycles. The first-order valence-corrected chi connectivity index (χ1v) is 11.7. The molecule has 0 atom stereocenters. The highest BCUT2D eigenvalue weighted by Gasteiger charge is 2.31. The molecule has 2 aliphatic rings. The number of fused-ring (bicyclic) bond motifs is 1. The number of carbonyl (C=O) groups is 2. The molecule has 0 radical (unpaired) electrons. The Kier molecular flexibility index (Phi) is 6.41. The summed E-state index contributed by atoms with van der Waals surface area (Å²) in [6.45, 7) is 4.16. The van der Waals surface area contributed by atoms with Crippen molar-refractivity contribution in [1.29, 1.82) is 0 Å². The number of carbonyl (C=O) groups excluding carboxylic acids is 2. The molecule has 0 spiro atoms. The molecule has 0 bridgehead atoms. The van der Waals surface area contributed by atoms with E-state index in [9.17, 15) is 9.59 Å². The Morgan fingerprint density at radius 2 is 1.90 bits per heavy atom. The molecule has 0 unspecified atom stereocenters. The van der Waals surface area contributed by atoms with Gasteiger partial charge >= 0.3 is 0 Å². The number of rotatable bonds is 5. The lowest BCUT2D eigenvalue weighted by molar-refractivity contribution is -0.123. The molecule has 1 saturated carbocycles. The van der Waals surface area contributed by atoms with Gasteiger partial charge in [0.2, 0.25) is 11.8 Å². The fourth-order valence-electron chi connectivity index (χ4n) is 4.31. The molecule has 1 aromatic heterocycles. The Morgan fingerprint density at radius 1 is 1.19 bits per heavy atom. The minimum atomic E-state index is -0.148. The van der Waals surface area contributed by atoms with Crippen LogP contribution in [0, 0.1) is 13.8 Å². The number of nitrogens with zero attached hydrogens (tertiary/aromatic N) is 2. The zero-order valence-corrected chi connectivity index (χ0v) is 19.2. The molecule has 1 N–H and O–H groups in total. The van der Waals surface area contributed by atoms with Crippen LogP contribution in [-0.4, -0.2) is 43.8 Å². The smallest absolute Gasteiger partial charge is 0.249 e. The third-order valence-corrected chi connectivity index (χ3v) is 7.39. The van der Waals surface area contributed by atoms with Crippen molar-refractivity contribution in [2.75, 3.05) is 25.1 Å². The topological polar surface area (TPSA) is 71.0 Å². The molecule has 1 aromatic carbocycles. The molecule has 1 aliphatic carbocycles. The van der Waals surface area contributed by atoms with Gasteiger partial charge < -0.3 is 10.1 Å². The summed E-state index contributed by atoms with van der Waals surface area (Å²) >= 11 is 1.56. The SMILES string of the molecule is COc1ccc(C2=NCC(=O)N(CC(=O)NC3CCCCC3)c3sc(C)c(C)c32)cc1. The van der Waals surface area contributed by atoms with Gasteiger partial charge in [-0.25, -0.2) is 0 Å². The fraction of sp³-hybridized carbons (Fsp3) is 0.458. The highest BCUT2D eigenvalue weighted by atomic mass is 32.1. The second-order valence-corrected chi connectivity index (χ2v) is 9.44. The Morgan fingerprint density at radius 3 is 2.58 bits per heavy atom. The van der Waals surface area contributed by atoms with Crippen LogP contribution in [0.15, 0.2) is 29.3 Å². The average molecular weight is 440 g/mol. The summed E-state index contributed by atoms with van der Waals surface area (Å²) in [7, 11) is 1.64. The molecular weight excluding hydrogens is 410 g/mol. The Labute approximate surface area is 187 Å². The van der Waals surface area contributed by atoms with Crippen LogP contribution < -0.4 is 15.0 Å². The molecule has 1 aliphatic heterocycles. The minimum absolute atomic E-state index is 0.0258. The van der Waals surface area contributed by atoms with Crippen molar-refractivity contribution in [3.63, 3.8) is 0 Å². The van der Waals surface area contributed by atoms with Crippen LogP contribution in [0.2, 0.25) is 0 Å². The van der Waals surface area contributed by atoms with E-state index < -0.39 is 0 Å². The Balaban J connectivity index is 1.64. The third-order valence-electron chi connectivity index (χ3n) is 6.16. The fourth-order valence-corrected chi connectivity index (χ4v) is 5.48. The maximum Gasteiger partial charge on any atom is 0.249 e. The monoisotopic (exact) mass is 439 g/mol. The number of anilines is 1. The van der Waals surface area contributed by atoms with Gasteiger partial charge in [0.05, 0.1) is 12.8 Å². The van der Waals surface area contributed by atoms with Gasteiger partial charge in [-0.05, 0) is 56.5 Å². The molecule has 31 heavy (non-hydrogen) atoms. The molecule has 7 heteroatoms. The van der Waals surface area contributed by atoms with Crippen molar-refractivity contribution in [3.05, 3.63) is 45.8 Å². The number of amides is 2. The number of ether oxygens (including phenoxy) is 1. The van der Waals surface area contributed by atoms with E-state index in [0.717, 1.165) is 63.7 Å². The molecule has 2 amide bonds. The van der Waals surface area contributed by atoms with Gasteiger partial charge in [-0.2, -0.15) is 0 Å². The average Bonchev–Trinajstić information content (AvgIpc) is 2.99. The van der Waals surface area contributed by atoms with Crippen molar-refractivity contribution in [2.24, 2.45) is 4.99 Å². The number of benzene rings is 1. The number of hydrogen-bond donors (Lipinski definition) is 1. The lowest BCUT2D eigenvalue weighted by atomic mass is 9.95. The van der Waals surface area contributed by atoms with Crippen LogP contribution in [-0.2, 0) is 9.59 Å². The van der Waals surface area contributed by atoms with Crippen LogP contribution >= 0.6 is 11.3 Å². The maximum atomic E-state index is 13.0. The van der Waals surface area contributed by atoms with Crippen LogP contribution in [0.25, 0.3) is 0 Å². The highest BCUT2D eigenvalue weighted by molar-refractivity contribution is 7.17. The first-order chi connectivity index (χ1) is 15.0. The maximum absolute atomic E-state index is 13.0. The minimum Gasteiger partial charge on any atom is -0.497 e. The van der Waals surface area contributed by atoms with Crippen molar-refractivity contribution in [3.8, 4) is 5.75 Å². The summed E-state index contributed by atoms with van der Waals surface area (Å²) < 4.78 is 5.27. The van der Waals surface area contributed by atoms with E-state index in [1.165, 1.54) is 6.42 Å². The number of aliphatic imine (C=N–C) groups is 1. The van der Waals surface area contributed by atoms with Gasteiger partial charge in [-0.1, -0.05) is 19.3 Å². The molecule has 1 fully saturated rings. The lowest BCUT2D eigenvalue weighted by Crippen LogP contribution is -2.45. The van der Waals surface area contributed by atoms with Crippen molar-refractivity contribution < 1.29 is 14.3 Å². The zero-order valence-electron chi connectivity index (χ0n) is 18.4. The number of methoxy groups -OCH3 is 1. The first kappa shape index (κ1) is 21.6. The van der Waals surface area contributed by atoms with E-state index in [1.54, 1.807) is 23.3 Å². The van der Waals surface area contributed by atoms with E-state index >= 15 is 0 Å². The van der Waals surface area contributed by atoms with E-state index in [0.29, 0.717) is 0 Å². The molecular formula is C24H29N3O3S. The Bertz CT molecular complexity index is 1000.